The van der Waals surface area contributed by atoms with Crippen molar-refractivity contribution in [2.24, 2.45) is 0 Å². The smallest absolute Gasteiger partial charge is 0.180 e. The third-order valence-electron chi connectivity index (χ3n) is 6.21. The van der Waals surface area contributed by atoms with E-state index in [1.807, 2.05) is 12.1 Å². The molecule has 3 rings (SSSR count). The van der Waals surface area contributed by atoms with Crippen molar-refractivity contribution in [1.82, 2.24) is 4.98 Å². The van der Waals surface area contributed by atoms with E-state index in [0.29, 0.717) is 22.1 Å². The maximum absolute atomic E-state index is 13.3. The Labute approximate surface area is 201 Å². The van der Waals surface area contributed by atoms with Crippen molar-refractivity contribution in [1.29, 1.82) is 0 Å². The number of nitrogens with two attached hydrogens (primary N) is 1. The number of thiazole rings is 1. The highest BCUT2D eigenvalue weighted by molar-refractivity contribution is 7.16. The molecule has 0 aliphatic carbocycles. The molecule has 5 nitrogen and oxygen atoms in total. The van der Waals surface area contributed by atoms with Crippen LogP contribution in [0.4, 0.5) is 5.13 Å². The van der Waals surface area contributed by atoms with Crippen LogP contribution in [0, 0.1) is 0 Å². The van der Waals surface area contributed by atoms with Gasteiger partial charge in [0, 0.05) is 4.88 Å². The predicted octanol–water partition coefficient (Wildman–Crippen LogP) is 8.64. The summed E-state index contributed by atoms with van der Waals surface area (Å²) in [7, 11) is 0. The van der Waals surface area contributed by atoms with Crippen molar-refractivity contribution in [2.45, 2.75) is 96.3 Å². The molecule has 0 amide bonds. The van der Waals surface area contributed by atoms with E-state index in [2.05, 4.69) is 11.9 Å². The summed E-state index contributed by atoms with van der Waals surface area (Å²) in [4.78, 5) is 18.7. The summed E-state index contributed by atoms with van der Waals surface area (Å²) in [5.41, 5.74) is 7.32. The van der Waals surface area contributed by atoms with Gasteiger partial charge >= 0.3 is 0 Å². The van der Waals surface area contributed by atoms with Gasteiger partial charge in [-0.1, -0.05) is 84.0 Å². The quantitative estimate of drug-likeness (QED) is 0.158. The second-order valence-electron chi connectivity index (χ2n) is 8.85. The molecule has 3 heterocycles. The molecule has 0 saturated heterocycles. The van der Waals surface area contributed by atoms with E-state index in [4.69, 9.17) is 14.6 Å². The lowest BCUT2D eigenvalue weighted by atomic mass is 9.90. The van der Waals surface area contributed by atoms with E-state index in [1.165, 1.54) is 81.8 Å². The van der Waals surface area contributed by atoms with Gasteiger partial charge < -0.3 is 14.6 Å². The Morgan fingerprint density at radius 3 is 2.21 bits per heavy atom. The average Bonchev–Trinajstić information content (AvgIpc) is 3.58. The monoisotopic (exact) mass is 470 g/mol. The number of anilines is 1. The lowest BCUT2D eigenvalue weighted by Crippen LogP contribution is -2.12. The second kappa shape index (κ2) is 14.0. The van der Waals surface area contributed by atoms with Gasteiger partial charge in [-0.2, -0.15) is 0 Å². The third kappa shape index (κ3) is 7.88. The minimum atomic E-state index is -0.291. The Morgan fingerprint density at radius 1 is 0.970 bits per heavy atom. The number of hydrogen-bond acceptors (Lipinski definition) is 6. The standard InChI is InChI=1S/C27H38N2O3S/c1-2-3-4-5-6-7-8-9-10-11-12-13-15-22(25(30)21-17-19-31-20-21)26-24(29-27(28)33-26)23-16-14-18-32-23/h14,16-20,22H,2-13,15H2,1H3,(H2,28,29). The zero-order chi connectivity index (χ0) is 23.3. The number of nitrogens with zero attached hydrogens (tertiary/aromatic N) is 1. The molecule has 0 bridgehead atoms. The fourth-order valence-corrected chi connectivity index (χ4v) is 5.32. The Bertz CT molecular complexity index is 915. The van der Waals surface area contributed by atoms with Gasteiger partial charge in [0.2, 0.25) is 0 Å². The summed E-state index contributed by atoms with van der Waals surface area (Å²) in [5, 5.41) is 0.455. The highest BCUT2D eigenvalue weighted by Crippen LogP contribution is 2.39. The molecule has 180 valence electrons. The zero-order valence-corrected chi connectivity index (χ0v) is 20.7. The maximum Gasteiger partial charge on any atom is 0.180 e. The molecule has 0 aliphatic heterocycles. The van der Waals surface area contributed by atoms with Gasteiger partial charge in [0.05, 0.1) is 24.0 Å². The Hall–Kier alpha value is -2.34. The van der Waals surface area contributed by atoms with Crippen LogP contribution in [0.3, 0.4) is 0 Å². The highest BCUT2D eigenvalue weighted by atomic mass is 32.1. The van der Waals surface area contributed by atoms with E-state index in [9.17, 15) is 4.79 Å². The summed E-state index contributed by atoms with van der Waals surface area (Å²) in [5.74, 6) is 0.418. The molecule has 3 aromatic rings. The number of furan rings is 2. The molecular weight excluding hydrogens is 432 g/mol. The number of carbonyl (C=O) groups excluding carboxylic acids is 1. The molecule has 0 aromatic carbocycles. The Kier molecular flexibility index (Phi) is 10.8. The topological polar surface area (TPSA) is 82.3 Å². The first-order chi connectivity index (χ1) is 16.2. The van der Waals surface area contributed by atoms with E-state index >= 15 is 0 Å². The molecule has 2 N–H and O–H groups in total. The molecule has 3 aromatic heterocycles. The first kappa shape index (κ1) is 25.3. The van der Waals surface area contributed by atoms with Crippen LogP contribution >= 0.6 is 11.3 Å². The minimum Gasteiger partial charge on any atom is -0.472 e. The molecule has 6 heteroatoms. The first-order valence-electron chi connectivity index (χ1n) is 12.6. The van der Waals surface area contributed by atoms with Crippen molar-refractivity contribution in [2.75, 3.05) is 5.73 Å². The maximum atomic E-state index is 13.3. The average molecular weight is 471 g/mol. The summed E-state index contributed by atoms with van der Waals surface area (Å²) in [6.45, 7) is 2.26. The molecular formula is C27H38N2O3S. The highest BCUT2D eigenvalue weighted by Gasteiger charge is 2.29. The largest absolute Gasteiger partial charge is 0.472 e. The number of nitrogen functional groups attached to an aromatic ring is 1. The number of unbranched alkanes of at least 4 members (excludes halogenated alkanes) is 11. The number of aromatic nitrogens is 1. The molecule has 1 unspecified atom stereocenters. The van der Waals surface area contributed by atoms with Crippen LogP contribution in [0.1, 0.15) is 112 Å². The van der Waals surface area contributed by atoms with Gasteiger partial charge in [-0.15, -0.1) is 11.3 Å². The fourth-order valence-electron chi connectivity index (χ4n) is 4.35. The Balaban J connectivity index is 1.49. The molecule has 0 spiro atoms. The van der Waals surface area contributed by atoms with Gasteiger partial charge in [0.1, 0.15) is 12.0 Å². The number of ketones is 1. The Morgan fingerprint density at radius 2 is 1.64 bits per heavy atom. The van der Waals surface area contributed by atoms with Crippen LogP contribution in [-0.4, -0.2) is 10.8 Å². The van der Waals surface area contributed by atoms with E-state index in [0.717, 1.165) is 24.1 Å². The van der Waals surface area contributed by atoms with Crippen molar-refractivity contribution >= 4 is 22.3 Å². The fraction of sp³-hybridized carbons (Fsp3) is 0.556. The summed E-state index contributed by atoms with van der Waals surface area (Å²) in [6.07, 6.45) is 21.0. The zero-order valence-electron chi connectivity index (χ0n) is 19.9. The van der Waals surface area contributed by atoms with E-state index < -0.39 is 0 Å². The molecule has 0 fully saturated rings. The summed E-state index contributed by atoms with van der Waals surface area (Å²) < 4.78 is 10.7. The minimum absolute atomic E-state index is 0.0586. The first-order valence-corrected chi connectivity index (χ1v) is 13.4. The van der Waals surface area contributed by atoms with Crippen molar-refractivity contribution in [3.05, 3.63) is 47.4 Å². The SMILES string of the molecule is CCCCCCCCCCCCCCC(C(=O)c1ccoc1)c1sc(N)nc1-c1ccco1. The number of hydrogen-bond donors (Lipinski definition) is 1. The molecule has 0 aliphatic rings. The molecule has 0 radical (unpaired) electrons. The van der Waals surface area contributed by atoms with Gasteiger partial charge in [0.15, 0.2) is 16.7 Å². The normalized spacial score (nSPS) is 12.3. The van der Waals surface area contributed by atoms with Gasteiger partial charge in [0.25, 0.3) is 0 Å². The van der Waals surface area contributed by atoms with E-state index in [1.54, 1.807) is 18.6 Å². The van der Waals surface area contributed by atoms with Crippen molar-refractivity contribution < 1.29 is 13.6 Å². The lowest BCUT2D eigenvalue weighted by Gasteiger charge is -2.14. The van der Waals surface area contributed by atoms with Gasteiger partial charge in [-0.3, -0.25) is 4.79 Å². The second-order valence-corrected chi connectivity index (χ2v) is 9.91. The predicted molar refractivity (Wildman–Crippen MR) is 136 cm³/mol. The lowest BCUT2D eigenvalue weighted by molar-refractivity contribution is 0.0954. The van der Waals surface area contributed by atoms with Crippen LogP contribution in [-0.2, 0) is 0 Å². The number of Topliss-reactive ketones (excluding diaryl/α,β-unsaturated/α-hetero) is 1. The molecule has 0 saturated carbocycles. The van der Waals surface area contributed by atoms with Crippen LogP contribution in [0.5, 0.6) is 0 Å². The number of rotatable bonds is 17. The molecule has 1 atom stereocenters. The summed E-state index contributed by atoms with van der Waals surface area (Å²) in [6, 6.07) is 5.42. The van der Waals surface area contributed by atoms with Gasteiger partial charge in [-0.05, 0) is 24.6 Å². The van der Waals surface area contributed by atoms with Gasteiger partial charge in [-0.25, -0.2) is 4.98 Å². The summed E-state index contributed by atoms with van der Waals surface area (Å²) >= 11 is 1.39. The van der Waals surface area contributed by atoms with Crippen molar-refractivity contribution in [3.8, 4) is 11.5 Å². The third-order valence-corrected chi connectivity index (χ3v) is 7.21. The van der Waals surface area contributed by atoms with Crippen LogP contribution < -0.4 is 5.73 Å². The van der Waals surface area contributed by atoms with Crippen LogP contribution in [0.25, 0.3) is 11.5 Å². The van der Waals surface area contributed by atoms with Crippen LogP contribution in [0.15, 0.2) is 45.8 Å². The van der Waals surface area contributed by atoms with E-state index in [-0.39, 0.29) is 11.7 Å². The number of carbonyl (C=O) groups is 1. The molecule has 33 heavy (non-hydrogen) atoms. The van der Waals surface area contributed by atoms with Crippen LogP contribution in [0.2, 0.25) is 0 Å². The van der Waals surface area contributed by atoms with Crippen molar-refractivity contribution in [3.63, 3.8) is 0 Å².